The van der Waals surface area contributed by atoms with Gasteiger partial charge in [-0.05, 0) is 6.92 Å². The number of carbonyl (C=O) groups is 1. The second kappa shape index (κ2) is 6.27. The van der Waals surface area contributed by atoms with Gasteiger partial charge < -0.3 is 15.8 Å². The fraction of sp³-hybridized carbons (Fsp3) is 0.727. The molecule has 1 aliphatic heterocycles. The predicted molar refractivity (Wildman–Crippen MR) is 67.4 cm³/mol. The Balaban J connectivity index is 2.26. The van der Waals surface area contributed by atoms with Crippen molar-refractivity contribution in [3.63, 3.8) is 0 Å². The van der Waals surface area contributed by atoms with Gasteiger partial charge in [0.05, 0.1) is 18.6 Å². The van der Waals surface area contributed by atoms with Crippen LogP contribution in [0.3, 0.4) is 0 Å². The van der Waals surface area contributed by atoms with Gasteiger partial charge in [-0.1, -0.05) is 6.08 Å². The van der Waals surface area contributed by atoms with E-state index in [2.05, 4.69) is 11.9 Å². The molecule has 0 radical (unpaired) electrons. The average molecular weight is 244 g/mol. The van der Waals surface area contributed by atoms with Crippen molar-refractivity contribution < 1.29 is 9.53 Å². The van der Waals surface area contributed by atoms with Crippen LogP contribution >= 0.6 is 11.8 Å². The summed E-state index contributed by atoms with van der Waals surface area (Å²) in [4.78, 5) is 11.9. The van der Waals surface area contributed by atoms with Gasteiger partial charge in [-0.2, -0.15) is 11.8 Å². The Morgan fingerprint density at radius 3 is 3.12 bits per heavy atom. The first-order valence-electron chi connectivity index (χ1n) is 5.41. The van der Waals surface area contributed by atoms with E-state index in [9.17, 15) is 4.79 Å². The quantitative estimate of drug-likeness (QED) is 0.524. The lowest BCUT2D eigenvalue weighted by Gasteiger charge is -2.25. The molecule has 3 N–H and O–H groups in total. The summed E-state index contributed by atoms with van der Waals surface area (Å²) in [6, 6.07) is -0.201. The zero-order chi connectivity index (χ0) is 12.0. The van der Waals surface area contributed by atoms with Gasteiger partial charge in [-0.25, -0.2) is 0 Å². The SMILES string of the molecule is C=CCSCCNC(=O)C1(C)COCC1N. The third-order valence-corrected chi connectivity index (χ3v) is 3.77. The van der Waals surface area contributed by atoms with Crippen molar-refractivity contribution in [2.45, 2.75) is 13.0 Å². The number of ether oxygens (including phenoxy) is 1. The molecule has 5 heteroatoms. The van der Waals surface area contributed by atoms with Crippen LogP contribution in [-0.2, 0) is 9.53 Å². The summed E-state index contributed by atoms with van der Waals surface area (Å²) in [6.45, 7) is 7.04. The molecule has 0 saturated carbocycles. The van der Waals surface area contributed by atoms with Gasteiger partial charge in [0.1, 0.15) is 0 Å². The molecule has 0 aromatic carbocycles. The van der Waals surface area contributed by atoms with E-state index in [1.807, 2.05) is 13.0 Å². The summed E-state index contributed by atoms with van der Waals surface area (Å²) in [5.41, 5.74) is 5.30. The number of hydrogen-bond donors (Lipinski definition) is 2. The summed E-state index contributed by atoms with van der Waals surface area (Å²) in [5, 5.41) is 2.90. The van der Waals surface area contributed by atoms with Crippen molar-refractivity contribution in [1.82, 2.24) is 5.32 Å². The van der Waals surface area contributed by atoms with Gasteiger partial charge >= 0.3 is 0 Å². The lowest BCUT2D eigenvalue weighted by molar-refractivity contribution is -0.130. The molecule has 1 rings (SSSR count). The molecular formula is C11H20N2O2S. The Bertz CT molecular complexity index is 260. The molecule has 16 heavy (non-hydrogen) atoms. The number of nitrogens with one attached hydrogen (secondary N) is 1. The van der Waals surface area contributed by atoms with Gasteiger partial charge in [0, 0.05) is 24.1 Å². The van der Waals surface area contributed by atoms with Gasteiger partial charge in [0.15, 0.2) is 0 Å². The molecule has 1 heterocycles. The summed E-state index contributed by atoms with van der Waals surface area (Å²) in [5.74, 6) is 1.80. The number of carbonyl (C=O) groups excluding carboxylic acids is 1. The zero-order valence-electron chi connectivity index (χ0n) is 9.70. The lowest BCUT2D eigenvalue weighted by Crippen LogP contribution is -2.50. The van der Waals surface area contributed by atoms with Crippen molar-refractivity contribution in [1.29, 1.82) is 0 Å². The zero-order valence-corrected chi connectivity index (χ0v) is 10.5. The smallest absolute Gasteiger partial charge is 0.229 e. The van der Waals surface area contributed by atoms with Crippen LogP contribution in [0.15, 0.2) is 12.7 Å². The monoisotopic (exact) mass is 244 g/mol. The second-order valence-electron chi connectivity index (χ2n) is 4.16. The van der Waals surface area contributed by atoms with Crippen molar-refractivity contribution in [2.75, 3.05) is 31.3 Å². The maximum atomic E-state index is 11.9. The maximum absolute atomic E-state index is 11.9. The summed E-state index contributed by atoms with van der Waals surface area (Å²) >= 11 is 1.74. The predicted octanol–water partition coefficient (Wildman–Crippen LogP) is 0.386. The third-order valence-electron chi connectivity index (χ3n) is 2.80. The first kappa shape index (κ1) is 13.5. The van der Waals surface area contributed by atoms with Gasteiger partial charge in [-0.3, -0.25) is 4.79 Å². The van der Waals surface area contributed by atoms with E-state index in [4.69, 9.17) is 10.5 Å². The van der Waals surface area contributed by atoms with Gasteiger partial charge in [-0.15, -0.1) is 6.58 Å². The first-order chi connectivity index (χ1) is 7.61. The third kappa shape index (κ3) is 3.23. The van der Waals surface area contributed by atoms with E-state index in [-0.39, 0.29) is 11.9 Å². The Morgan fingerprint density at radius 2 is 2.56 bits per heavy atom. The van der Waals surface area contributed by atoms with Crippen LogP contribution in [0.4, 0.5) is 0 Å². The van der Waals surface area contributed by atoms with Crippen LogP contribution in [0.1, 0.15) is 6.92 Å². The van der Waals surface area contributed by atoms with Crippen LogP contribution in [0.25, 0.3) is 0 Å². The average Bonchev–Trinajstić information content (AvgIpc) is 2.60. The number of hydrogen-bond acceptors (Lipinski definition) is 4. The Morgan fingerprint density at radius 1 is 1.81 bits per heavy atom. The molecule has 0 bridgehead atoms. The fourth-order valence-electron chi connectivity index (χ4n) is 1.53. The van der Waals surface area contributed by atoms with E-state index < -0.39 is 5.41 Å². The van der Waals surface area contributed by atoms with E-state index in [0.29, 0.717) is 19.8 Å². The molecule has 4 nitrogen and oxygen atoms in total. The van der Waals surface area contributed by atoms with Crippen molar-refractivity contribution in [2.24, 2.45) is 11.1 Å². The first-order valence-corrected chi connectivity index (χ1v) is 6.57. The fourth-order valence-corrected chi connectivity index (χ4v) is 2.11. The minimum Gasteiger partial charge on any atom is -0.379 e. The van der Waals surface area contributed by atoms with E-state index in [1.54, 1.807) is 11.8 Å². The van der Waals surface area contributed by atoms with E-state index in [1.165, 1.54) is 0 Å². The highest BCUT2D eigenvalue weighted by atomic mass is 32.2. The number of rotatable bonds is 6. The molecule has 92 valence electrons. The highest BCUT2D eigenvalue weighted by Crippen LogP contribution is 2.26. The molecule has 2 atom stereocenters. The summed E-state index contributed by atoms with van der Waals surface area (Å²) in [6.07, 6.45) is 1.86. The molecular weight excluding hydrogens is 224 g/mol. The number of thioether (sulfide) groups is 1. The molecule has 1 fully saturated rings. The topological polar surface area (TPSA) is 64.3 Å². The van der Waals surface area contributed by atoms with Crippen molar-refractivity contribution in [3.05, 3.63) is 12.7 Å². The highest BCUT2D eigenvalue weighted by Gasteiger charge is 2.44. The van der Waals surface area contributed by atoms with Crippen molar-refractivity contribution >= 4 is 17.7 Å². The Labute approximate surface area is 101 Å². The van der Waals surface area contributed by atoms with Crippen LogP contribution in [-0.4, -0.2) is 43.2 Å². The molecule has 0 aromatic rings. The van der Waals surface area contributed by atoms with E-state index in [0.717, 1.165) is 11.5 Å². The molecule has 0 spiro atoms. The highest BCUT2D eigenvalue weighted by molar-refractivity contribution is 7.99. The summed E-state index contributed by atoms with van der Waals surface area (Å²) in [7, 11) is 0. The van der Waals surface area contributed by atoms with Gasteiger partial charge in [0.25, 0.3) is 0 Å². The standard InChI is InChI=1S/C11H20N2O2S/c1-3-5-16-6-4-13-10(14)11(2)8-15-7-9(11)12/h3,9H,1,4-8,12H2,2H3,(H,13,14). The minimum absolute atomic E-state index is 0.00305. The molecule has 2 unspecified atom stereocenters. The maximum Gasteiger partial charge on any atom is 0.229 e. The lowest BCUT2D eigenvalue weighted by atomic mass is 9.85. The number of amides is 1. The van der Waals surface area contributed by atoms with Crippen LogP contribution in [0, 0.1) is 5.41 Å². The van der Waals surface area contributed by atoms with Crippen LogP contribution < -0.4 is 11.1 Å². The summed E-state index contributed by atoms with van der Waals surface area (Å²) < 4.78 is 5.23. The Kier molecular flexibility index (Phi) is 5.31. The molecule has 0 aliphatic carbocycles. The Hall–Kier alpha value is -0.520. The molecule has 1 aliphatic rings. The van der Waals surface area contributed by atoms with Gasteiger partial charge in [0.2, 0.25) is 5.91 Å². The molecule has 1 amide bonds. The minimum atomic E-state index is -0.566. The molecule has 1 saturated heterocycles. The largest absolute Gasteiger partial charge is 0.379 e. The van der Waals surface area contributed by atoms with Crippen molar-refractivity contribution in [3.8, 4) is 0 Å². The van der Waals surface area contributed by atoms with Crippen LogP contribution in [0.2, 0.25) is 0 Å². The second-order valence-corrected chi connectivity index (χ2v) is 5.31. The van der Waals surface area contributed by atoms with Crippen LogP contribution in [0.5, 0.6) is 0 Å². The normalized spacial score (nSPS) is 29.0. The van der Waals surface area contributed by atoms with E-state index >= 15 is 0 Å². The number of nitrogens with two attached hydrogens (primary N) is 1. The molecule has 0 aromatic heterocycles.